The van der Waals surface area contributed by atoms with Crippen LogP contribution in [0.4, 0.5) is 0 Å². The molecule has 0 saturated heterocycles. The molecule has 0 bridgehead atoms. The number of ether oxygens (including phenoxy) is 2. The number of pyridine rings is 1. The van der Waals surface area contributed by atoms with E-state index < -0.39 is 0 Å². The Morgan fingerprint density at radius 2 is 1.77 bits per heavy atom. The van der Waals surface area contributed by atoms with Crippen LogP contribution in [0.3, 0.4) is 0 Å². The predicted octanol–water partition coefficient (Wildman–Crippen LogP) is 3.87. The number of hydrazone groups is 1. The summed E-state index contributed by atoms with van der Waals surface area (Å²) in [5, 5.41) is 9.03. The highest BCUT2D eigenvalue weighted by Crippen LogP contribution is 2.34. The fourth-order valence-corrected chi connectivity index (χ4v) is 3.93. The molecule has 0 fully saturated rings. The lowest BCUT2D eigenvalue weighted by Gasteiger charge is -2.22. The molecule has 2 aromatic carbocycles. The number of aromatic nitrogens is 1. The van der Waals surface area contributed by atoms with E-state index in [0.29, 0.717) is 18.8 Å². The Morgan fingerprint density at radius 1 is 1.00 bits per heavy atom. The topological polar surface area (TPSA) is 93.1 Å². The van der Waals surface area contributed by atoms with Gasteiger partial charge >= 0.3 is 0 Å². The molecule has 0 radical (unpaired) electrons. The second kappa shape index (κ2) is 11.3. The molecule has 1 N–H and O–H groups in total. The molecule has 1 atom stereocenters. The standard InChI is InChI=1S/C27H28N4O4/c1-34-22-10-8-21(9-11-22)24-17-23(20-6-4-3-5-7-20)30-31(24)27(33)13-12-25(32)29-18-19-14-15-28-26(16-19)35-2/h3-11,14-16,24H,12-13,17-18H2,1-2H3,(H,29,32)/t24-/m1/s1. The van der Waals surface area contributed by atoms with Gasteiger partial charge in [-0.1, -0.05) is 42.5 Å². The number of hydrogen-bond donors (Lipinski definition) is 1. The molecule has 0 spiro atoms. The second-order valence-electron chi connectivity index (χ2n) is 8.13. The predicted molar refractivity (Wildman–Crippen MR) is 132 cm³/mol. The average Bonchev–Trinajstić information content (AvgIpc) is 3.37. The molecule has 0 unspecified atom stereocenters. The molecular formula is C27H28N4O4. The lowest BCUT2D eigenvalue weighted by atomic mass is 9.98. The largest absolute Gasteiger partial charge is 0.497 e. The number of carbonyl (C=O) groups excluding carboxylic acids is 2. The highest BCUT2D eigenvalue weighted by molar-refractivity contribution is 6.03. The van der Waals surface area contributed by atoms with Crippen molar-refractivity contribution >= 4 is 17.5 Å². The molecular weight excluding hydrogens is 444 g/mol. The summed E-state index contributed by atoms with van der Waals surface area (Å²) in [7, 11) is 3.16. The Balaban J connectivity index is 1.42. The van der Waals surface area contributed by atoms with E-state index >= 15 is 0 Å². The van der Waals surface area contributed by atoms with Crippen molar-refractivity contribution in [3.63, 3.8) is 0 Å². The van der Waals surface area contributed by atoms with Crippen LogP contribution in [-0.2, 0) is 16.1 Å². The molecule has 0 aliphatic carbocycles. The van der Waals surface area contributed by atoms with Crippen LogP contribution in [0.15, 0.2) is 78.0 Å². The molecule has 3 aromatic rings. The van der Waals surface area contributed by atoms with Crippen LogP contribution in [0.5, 0.6) is 11.6 Å². The van der Waals surface area contributed by atoms with Crippen molar-refractivity contribution in [2.24, 2.45) is 5.10 Å². The lowest BCUT2D eigenvalue weighted by molar-refractivity contribution is -0.135. The van der Waals surface area contributed by atoms with Gasteiger partial charge in [0.25, 0.3) is 0 Å². The zero-order valence-corrected chi connectivity index (χ0v) is 19.8. The summed E-state index contributed by atoms with van der Waals surface area (Å²) in [5.41, 5.74) is 3.65. The van der Waals surface area contributed by atoms with E-state index in [-0.39, 0.29) is 30.7 Å². The van der Waals surface area contributed by atoms with E-state index in [0.717, 1.165) is 28.2 Å². The number of carbonyl (C=O) groups is 2. The van der Waals surface area contributed by atoms with Crippen molar-refractivity contribution in [2.45, 2.75) is 31.8 Å². The summed E-state index contributed by atoms with van der Waals surface area (Å²) < 4.78 is 10.4. The maximum Gasteiger partial charge on any atom is 0.243 e. The molecule has 2 heterocycles. The van der Waals surface area contributed by atoms with Crippen molar-refractivity contribution in [1.82, 2.24) is 15.3 Å². The number of benzene rings is 2. The molecule has 35 heavy (non-hydrogen) atoms. The van der Waals surface area contributed by atoms with Gasteiger partial charge < -0.3 is 14.8 Å². The second-order valence-corrected chi connectivity index (χ2v) is 8.13. The zero-order chi connectivity index (χ0) is 24.6. The molecule has 180 valence electrons. The third-order valence-electron chi connectivity index (χ3n) is 5.84. The number of hydrogen-bond acceptors (Lipinski definition) is 6. The fourth-order valence-electron chi connectivity index (χ4n) is 3.93. The highest BCUT2D eigenvalue weighted by Gasteiger charge is 2.33. The van der Waals surface area contributed by atoms with E-state index in [1.54, 1.807) is 32.5 Å². The van der Waals surface area contributed by atoms with Crippen molar-refractivity contribution < 1.29 is 19.1 Å². The minimum Gasteiger partial charge on any atom is -0.497 e. The molecule has 1 aliphatic heterocycles. The van der Waals surface area contributed by atoms with Crippen molar-refractivity contribution in [3.8, 4) is 11.6 Å². The summed E-state index contributed by atoms with van der Waals surface area (Å²) in [6, 6.07) is 20.8. The van der Waals surface area contributed by atoms with Crippen molar-refractivity contribution in [1.29, 1.82) is 0 Å². The first-order chi connectivity index (χ1) is 17.1. The molecule has 1 aromatic heterocycles. The summed E-state index contributed by atoms with van der Waals surface area (Å²) in [5.74, 6) is 0.828. The van der Waals surface area contributed by atoms with Gasteiger partial charge in [0.1, 0.15) is 5.75 Å². The summed E-state index contributed by atoms with van der Waals surface area (Å²) in [6.45, 7) is 0.334. The first-order valence-corrected chi connectivity index (χ1v) is 11.4. The van der Waals surface area contributed by atoms with Gasteiger partial charge in [-0.2, -0.15) is 5.10 Å². The third-order valence-corrected chi connectivity index (χ3v) is 5.84. The first-order valence-electron chi connectivity index (χ1n) is 11.4. The number of nitrogens with one attached hydrogen (secondary N) is 1. The van der Waals surface area contributed by atoms with Gasteiger partial charge in [-0.3, -0.25) is 9.59 Å². The monoisotopic (exact) mass is 472 g/mol. The van der Waals surface area contributed by atoms with Crippen LogP contribution < -0.4 is 14.8 Å². The molecule has 8 heteroatoms. The molecule has 0 saturated carbocycles. The smallest absolute Gasteiger partial charge is 0.243 e. The van der Waals surface area contributed by atoms with E-state index in [1.807, 2.05) is 54.6 Å². The fraction of sp³-hybridized carbons (Fsp3) is 0.259. The minimum absolute atomic E-state index is 0.0593. The third kappa shape index (κ3) is 6.03. The summed E-state index contributed by atoms with van der Waals surface area (Å²) in [6.07, 6.45) is 2.35. The van der Waals surface area contributed by atoms with Gasteiger partial charge in [0.05, 0.1) is 26.0 Å². The van der Waals surface area contributed by atoms with Crippen LogP contribution in [0, 0.1) is 0 Å². The van der Waals surface area contributed by atoms with E-state index in [1.165, 1.54) is 5.01 Å². The summed E-state index contributed by atoms with van der Waals surface area (Å²) in [4.78, 5) is 29.7. The van der Waals surface area contributed by atoms with Crippen LogP contribution in [0.2, 0.25) is 0 Å². The molecule has 8 nitrogen and oxygen atoms in total. The Bertz CT molecular complexity index is 1200. The Morgan fingerprint density at radius 3 is 2.49 bits per heavy atom. The maximum absolute atomic E-state index is 13.2. The molecule has 2 amide bonds. The van der Waals surface area contributed by atoms with E-state index in [4.69, 9.17) is 9.47 Å². The number of rotatable bonds is 9. The normalized spacial score (nSPS) is 14.9. The lowest BCUT2D eigenvalue weighted by Crippen LogP contribution is -2.29. The quantitative estimate of drug-likeness (QED) is 0.510. The van der Waals surface area contributed by atoms with E-state index in [2.05, 4.69) is 15.4 Å². The van der Waals surface area contributed by atoms with Gasteiger partial charge in [0.2, 0.25) is 17.7 Å². The van der Waals surface area contributed by atoms with Gasteiger partial charge in [0.15, 0.2) is 0 Å². The molecule has 1 aliphatic rings. The van der Waals surface area contributed by atoms with Crippen LogP contribution in [0.25, 0.3) is 0 Å². The van der Waals surface area contributed by atoms with Crippen molar-refractivity contribution in [2.75, 3.05) is 14.2 Å². The van der Waals surface area contributed by atoms with Gasteiger partial charge in [-0.25, -0.2) is 9.99 Å². The summed E-state index contributed by atoms with van der Waals surface area (Å²) >= 11 is 0. The Kier molecular flexibility index (Phi) is 7.72. The van der Waals surface area contributed by atoms with Gasteiger partial charge in [0, 0.05) is 38.1 Å². The van der Waals surface area contributed by atoms with Crippen molar-refractivity contribution in [3.05, 3.63) is 89.6 Å². The number of methoxy groups -OCH3 is 2. The first kappa shape index (κ1) is 23.9. The minimum atomic E-state index is -0.240. The SMILES string of the molecule is COc1ccc([C@H]2CC(c3ccccc3)=NN2C(=O)CCC(=O)NCc2ccnc(OC)c2)cc1. The van der Waals surface area contributed by atoms with E-state index in [9.17, 15) is 9.59 Å². The van der Waals surface area contributed by atoms with Crippen LogP contribution >= 0.6 is 0 Å². The maximum atomic E-state index is 13.2. The van der Waals surface area contributed by atoms with Gasteiger partial charge in [-0.05, 0) is 34.9 Å². The Labute approximate surface area is 204 Å². The average molecular weight is 473 g/mol. The van der Waals surface area contributed by atoms with Gasteiger partial charge in [-0.15, -0.1) is 0 Å². The molecule has 4 rings (SSSR count). The van der Waals surface area contributed by atoms with Crippen LogP contribution in [0.1, 0.15) is 42.0 Å². The Hall–Kier alpha value is -4.20. The van der Waals surface area contributed by atoms with Crippen LogP contribution in [-0.4, -0.2) is 41.7 Å². The number of amides is 2. The highest BCUT2D eigenvalue weighted by atomic mass is 16.5. The number of nitrogens with zero attached hydrogens (tertiary/aromatic N) is 3. The zero-order valence-electron chi connectivity index (χ0n) is 19.8.